The van der Waals surface area contributed by atoms with E-state index in [1.54, 1.807) is 36.5 Å². The Hall–Kier alpha value is -3.45. The van der Waals surface area contributed by atoms with Gasteiger partial charge < -0.3 is 0 Å². The number of hydrogen-bond donors (Lipinski definition) is 0. The zero-order chi connectivity index (χ0) is 21.1. The van der Waals surface area contributed by atoms with Crippen molar-refractivity contribution in [2.24, 2.45) is 0 Å². The van der Waals surface area contributed by atoms with Gasteiger partial charge in [0, 0.05) is 30.2 Å². The van der Waals surface area contributed by atoms with Gasteiger partial charge >= 0.3 is 0 Å². The standard InChI is InChI=1S/C23H18ClN5O/c24-21-3-1-16(2-4-21)14-29-23(30)22-15-28(6-5-20(22)12-27-29)13-19-8-17(10-25)7-18(9-19)11-26/h1-4,7-9,12H,5-6,13-15H2. The molecular weight excluding hydrogens is 398 g/mol. The van der Waals surface area contributed by atoms with Gasteiger partial charge in [0.25, 0.3) is 5.56 Å². The van der Waals surface area contributed by atoms with Crippen LogP contribution in [0.1, 0.15) is 33.4 Å². The van der Waals surface area contributed by atoms with Crippen molar-refractivity contribution in [2.75, 3.05) is 6.54 Å². The predicted molar refractivity (Wildman–Crippen MR) is 113 cm³/mol. The van der Waals surface area contributed by atoms with Crippen molar-refractivity contribution in [3.8, 4) is 12.1 Å². The van der Waals surface area contributed by atoms with Crippen molar-refractivity contribution < 1.29 is 0 Å². The molecule has 6 nitrogen and oxygen atoms in total. The Labute approximate surface area is 179 Å². The summed E-state index contributed by atoms with van der Waals surface area (Å²) in [6.07, 6.45) is 2.52. The van der Waals surface area contributed by atoms with Crippen molar-refractivity contribution in [1.82, 2.24) is 14.7 Å². The monoisotopic (exact) mass is 415 g/mol. The third kappa shape index (κ3) is 4.26. The summed E-state index contributed by atoms with van der Waals surface area (Å²) in [6.45, 7) is 2.26. The summed E-state index contributed by atoms with van der Waals surface area (Å²) in [5, 5.41) is 23.4. The molecule has 0 amide bonds. The van der Waals surface area contributed by atoms with Gasteiger partial charge in [0.1, 0.15) is 0 Å². The molecule has 0 radical (unpaired) electrons. The van der Waals surface area contributed by atoms with Crippen LogP contribution >= 0.6 is 11.6 Å². The maximum atomic E-state index is 13.0. The first-order valence-electron chi connectivity index (χ1n) is 9.54. The first-order valence-corrected chi connectivity index (χ1v) is 9.92. The topological polar surface area (TPSA) is 85.7 Å². The van der Waals surface area contributed by atoms with Crippen LogP contribution in [0.3, 0.4) is 0 Å². The molecule has 4 rings (SSSR count). The van der Waals surface area contributed by atoms with Gasteiger partial charge in [-0.05, 0) is 53.4 Å². The summed E-state index contributed by atoms with van der Waals surface area (Å²) in [5.41, 5.74) is 4.43. The second-order valence-electron chi connectivity index (χ2n) is 7.34. The molecule has 0 fully saturated rings. The molecular formula is C23H18ClN5O. The van der Waals surface area contributed by atoms with Gasteiger partial charge in [0.15, 0.2) is 0 Å². The third-order valence-corrected chi connectivity index (χ3v) is 5.47. The summed E-state index contributed by atoms with van der Waals surface area (Å²) in [5.74, 6) is 0. The maximum absolute atomic E-state index is 13.0. The van der Waals surface area contributed by atoms with Gasteiger partial charge in [-0.1, -0.05) is 23.7 Å². The molecule has 0 spiro atoms. The van der Waals surface area contributed by atoms with E-state index in [0.717, 1.165) is 35.2 Å². The van der Waals surface area contributed by atoms with Crippen molar-refractivity contribution >= 4 is 11.6 Å². The average Bonchev–Trinajstić information content (AvgIpc) is 2.77. The fraction of sp³-hybridized carbons (Fsp3) is 0.217. The molecule has 0 saturated carbocycles. The zero-order valence-corrected chi connectivity index (χ0v) is 16.9. The molecule has 3 aromatic rings. The summed E-state index contributed by atoms with van der Waals surface area (Å²) in [7, 11) is 0. The molecule has 30 heavy (non-hydrogen) atoms. The number of nitrogens with zero attached hydrogens (tertiary/aromatic N) is 5. The number of nitriles is 2. The highest BCUT2D eigenvalue weighted by molar-refractivity contribution is 6.30. The van der Waals surface area contributed by atoms with Gasteiger partial charge in [-0.3, -0.25) is 9.69 Å². The van der Waals surface area contributed by atoms with Crippen molar-refractivity contribution in [3.05, 3.63) is 97.4 Å². The zero-order valence-electron chi connectivity index (χ0n) is 16.2. The van der Waals surface area contributed by atoms with E-state index in [0.29, 0.717) is 35.8 Å². The average molecular weight is 416 g/mol. The lowest BCUT2D eigenvalue weighted by atomic mass is 10.0. The summed E-state index contributed by atoms with van der Waals surface area (Å²) >= 11 is 5.94. The predicted octanol–water partition coefficient (Wildman–Crippen LogP) is 3.25. The highest BCUT2D eigenvalue weighted by atomic mass is 35.5. The fourth-order valence-corrected chi connectivity index (χ4v) is 3.84. The fourth-order valence-electron chi connectivity index (χ4n) is 3.71. The number of hydrogen-bond acceptors (Lipinski definition) is 5. The van der Waals surface area contributed by atoms with E-state index < -0.39 is 0 Å². The van der Waals surface area contributed by atoms with Crippen LogP contribution in [0.4, 0.5) is 0 Å². The molecule has 2 aromatic carbocycles. The van der Waals surface area contributed by atoms with Gasteiger partial charge in [-0.2, -0.15) is 15.6 Å². The van der Waals surface area contributed by atoms with Crippen molar-refractivity contribution in [3.63, 3.8) is 0 Å². The molecule has 1 aliphatic heterocycles. The number of halogens is 1. The van der Waals surface area contributed by atoms with E-state index in [9.17, 15) is 15.3 Å². The molecule has 0 saturated heterocycles. The molecule has 1 aliphatic rings. The number of fused-ring (bicyclic) bond motifs is 1. The number of benzene rings is 2. The van der Waals surface area contributed by atoms with Crippen LogP contribution in [0.25, 0.3) is 0 Å². The highest BCUT2D eigenvalue weighted by Gasteiger charge is 2.21. The molecule has 0 N–H and O–H groups in total. The van der Waals surface area contributed by atoms with Crippen LogP contribution in [0, 0.1) is 22.7 Å². The van der Waals surface area contributed by atoms with Crippen LogP contribution in [-0.4, -0.2) is 21.2 Å². The summed E-state index contributed by atoms with van der Waals surface area (Å²) in [4.78, 5) is 15.2. The van der Waals surface area contributed by atoms with Crippen LogP contribution in [0.2, 0.25) is 5.02 Å². The van der Waals surface area contributed by atoms with Gasteiger partial charge in [-0.25, -0.2) is 4.68 Å². The van der Waals surface area contributed by atoms with Crippen LogP contribution in [-0.2, 0) is 26.1 Å². The van der Waals surface area contributed by atoms with E-state index in [1.165, 1.54) is 4.68 Å². The molecule has 2 heterocycles. The van der Waals surface area contributed by atoms with E-state index in [2.05, 4.69) is 22.1 Å². The minimum absolute atomic E-state index is 0.0874. The Balaban J connectivity index is 1.56. The Bertz CT molecular complexity index is 1200. The second kappa shape index (κ2) is 8.51. The molecule has 0 atom stereocenters. The highest BCUT2D eigenvalue weighted by Crippen LogP contribution is 2.19. The SMILES string of the molecule is N#Cc1cc(C#N)cc(CN2CCc3cnn(Cc4ccc(Cl)cc4)c(=O)c3C2)c1. The Morgan fingerprint density at radius 2 is 1.70 bits per heavy atom. The Morgan fingerprint density at radius 3 is 2.37 bits per heavy atom. The van der Waals surface area contributed by atoms with E-state index >= 15 is 0 Å². The van der Waals surface area contributed by atoms with Crippen molar-refractivity contribution in [1.29, 1.82) is 10.5 Å². The first-order chi connectivity index (χ1) is 14.6. The molecule has 0 aliphatic carbocycles. The summed E-state index contributed by atoms with van der Waals surface area (Å²) in [6, 6.07) is 16.7. The quantitative estimate of drug-likeness (QED) is 0.652. The number of rotatable bonds is 4. The molecule has 0 bridgehead atoms. The lowest BCUT2D eigenvalue weighted by Crippen LogP contribution is -2.37. The lowest BCUT2D eigenvalue weighted by Gasteiger charge is -2.28. The van der Waals surface area contributed by atoms with Crippen LogP contribution in [0.15, 0.2) is 53.5 Å². The van der Waals surface area contributed by atoms with E-state index in [1.807, 2.05) is 12.1 Å². The van der Waals surface area contributed by atoms with E-state index in [4.69, 9.17) is 11.6 Å². The first kappa shape index (κ1) is 19.8. The molecule has 0 unspecified atom stereocenters. The molecule has 7 heteroatoms. The largest absolute Gasteiger partial charge is 0.294 e. The number of aromatic nitrogens is 2. The normalized spacial score (nSPS) is 13.3. The minimum atomic E-state index is -0.0874. The maximum Gasteiger partial charge on any atom is 0.271 e. The van der Waals surface area contributed by atoms with Crippen LogP contribution in [0.5, 0.6) is 0 Å². The van der Waals surface area contributed by atoms with Gasteiger partial charge in [-0.15, -0.1) is 0 Å². The second-order valence-corrected chi connectivity index (χ2v) is 7.78. The van der Waals surface area contributed by atoms with Crippen molar-refractivity contribution in [2.45, 2.75) is 26.1 Å². The van der Waals surface area contributed by atoms with Gasteiger partial charge in [0.05, 0.1) is 36.0 Å². The smallest absolute Gasteiger partial charge is 0.271 e. The Morgan fingerprint density at radius 1 is 1.00 bits per heavy atom. The molecule has 1 aromatic heterocycles. The summed E-state index contributed by atoms with van der Waals surface area (Å²) < 4.78 is 1.48. The Kier molecular flexibility index (Phi) is 5.63. The minimum Gasteiger partial charge on any atom is -0.294 e. The van der Waals surface area contributed by atoms with Crippen LogP contribution < -0.4 is 5.56 Å². The van der Waals surface area contributed by atoms with Gasteiger partial charge in [0.2, 0.25) is 0 Å². The van der Waals surface area contributed by atoms with E-state index in [-0.39, 0.29) is 5.56 Å². The molecule has 148 valence electrons. The lowest BCUT2D eigenvalue weighted by molar-refractivity contribution is 0.242. The third-order valence-electron chi connectivity index (χ3n) is 5.22.